The molecule has 1 heterocycles. The molecule has 2 atom stereocenters. The maximum atomic E-state index is 9.69. The van der Waals surface area contributed by atoms with Crippen LogP contribution in [-0.4, -0.2) is 37.0 Å². The molecule has 3 nitrogen and oxygen atoms in total. The summed E-state index contributed by atoms with van der Waals surface area (Å²) in [5.41, 5.74) is 0.427. The molecule has 0 aromatic rings. The molecular formula is C13H25NO2. The molecule has 2 fully saturated rings. The highest BCUT2D eigenvalue weighted by atomic mass is 16.5. The minimum Gasteiger partial charge on any atom is -0.392 e. The minimum atomic E-state index is -0.132. The van der Waals surface area contributed by atoms with Gasteiger partial charge >= 0.3 is 0 Å². The van der Waals surface area contributed by atoms with E-state index in [9.17, 15) is 5.11 Å². The third kappa shape index (κ3) is 2.27. The zero-order valence-corrected chi connectivity index (χ0v) is 10.8. The molecule has 94 valence electrons. The van der Waals surface area contributed by atoms with Crippen LogP contribution in [0, 0.1) is 10.8 Å². The van der Waals surface area contributed by atoms with E-state index in [1.165, 1.54) is 0 Å². The van der Waals surface area contributed by atoms with Crippen LogP contribution in [-0.2, 0) is 4.74 Å². The fraction of sp³-hybridized carbons (Fsp3) is 1.00. The maximum absolute atomic E-state index is 9.69. The molecular weight excluding hydrogens is 202 g/mol. The zero-order valence-electron chi connectivity index (χ0n) is 10.8. The van der Waals surface area contributed by atoms with Gasteiger partial charge in [-0.2, -0.15) is 0 Å². The molecule has 0 aromatic heterocycles. The average molecular weight is 227 g/mol. The van der Waals surface area contributed by atoms with E-state index in [4.69, 9.17) is 4.74 Å². The molecule has 2 N–H and O–H groups in total. The number of hydrogen-bond acceptors (Lipinski definition) is 3. The molecule has 2 aliphatic rings. The van der Waals surface area contributed by atoms with Crippen LogP contribution in [0.3, 0.4) is 0 Å². The molecule has 1 saturated heterocycles. The molecule has 1 aliphatic carbocycles. The van der Waals surface area contributed by atoms with Gasteiger partial charge in [0, 0.05) is 31.2 Å². The van der Waals surface area contributed by atoms with Crippen molar-refractivity contribution in [2.75, 3.05) is 19.8 Å². The van der Waals surface area contributed by atoms with E-state index in [0.29, 0.717) is 11.5 Å². The maximum Gasteiger partial charge on any atom is 0.0621 e. The Balaban J connectivity index is 1.79. The van der Waals surface area contributed by atoms with Crippen molar-refractivity contribution >= 4 is 0 Å². The Labute approximate surface area is 98.6 Å². The van der Waals surface area contributed by atoms with E-state index >= 15 is 0 Å². The molecule has 1 aliphatic heterocycles. The van der Waals surface area contributed by atoms with E-state index < -0.39 is 0 Å². The van der Waals surface area contributed by atoms with Gasteiger partial charge in [-0.05, 0) is 24.7 Å². The monoisotopic (exact) mass is 227 g/mol. The van der Waals surface area contributed by atoms with Gasteiger partial charge in [0.25, 0.3) is 0 Å². The summed E-state index contributed by atoms with van der Waals surface area (Å²) in [6, 6.07) is 0.474. The van der Waals surface area contributed by atoms with Gasteiger partial charge in [0.05, 0.1) is 6.10 Å². The third-order valence-corrected chi connectivity index (χ3v) is 4.69. The SMILES string of the molecule is CC1(CNC2CC(O)C2(C)C)CCOCC1. The van der Waals surface area contributed by atoms with Crippen LogP contribution >= 0.6 is 0 Å². The van der Waals surface area contributed by atoms with E-state index in [2.05, 4.69) is 26.1 Å². The summed E-state index contributed by atoms with van der Waals surface area (Å²) in [4.78, 5) is 0. The molecule has 0 amide bonds. The van der Waals surface area contributed by atoms with Gasteiger partial charge in [0.15, 0.2) is 0 Å². The molecule has 3 heteroatoms. The first-order chi connectivity index (χ1) is 7.44. The van der Waals surface area contributed by atoms with Crippen LogP contribution in [0.15, 0.2) is 0 Å². The minimum absolute atomic E-state index is 0.0432. The molecule has 16 heavy (non-hydrogen) atoms. The summed E-state index contributed by atoms with van der Waals surface area (Å²) >= 11 is 0. The average Bonchev–Trinajstić information content (AvgIpc) is 2.25. The fourth-order valence-corrected chi connectivity index (χ4v) is 2.66. The van der Waals surface area contributed by atoms with Crippen LogP contribution in [0.4, 0.5) is 0 Å². The summed E-state index contributed by atoms with van der Waals surface area (Å²) in [7, 11) is 0. The second-order valence-electron chi connectivity index (χ2n) is 6.43. The Hall–Kier alpha value is -0.120. The predicted octanol–water partition coefficient (Wildman–Crippen LogP) is 1.55. The standard InChI is InChI=1S/C13H25NO2/c1-12(2)10(8-11(12)15)14-9-13(3)4-6-16-7-5-13/h10-11,14-15H,4-9H2,1-3H3. The lowest BCUT2D eigenvalue weighted by Gasteiger charge is -2.51. The Bertz CT molecular complexity index is 246. The first-order valence-electron chi connectivity index (χ1n) is 6.43. The van der Waals surface area contributed by atoms with Gasteiger partial charge in [-0.1, -0.05) is 20.8 Å². The van der Waals surface area contributed by atoms with Crippen LogP contribution in [0.25, 0.3) is 0 Å². The number of aliphatic hydroxyl groups excluding tert-OH is 1. The van der Waals surface area contributed by atoms with Crippen molar-refractivity contribution in [3.63, 3.8) is 0 Å². The Morgan fingerprint density at radius 1 is 1.25 bits per heavy atom. The fourth-order valence-electron chi connectivity index (χ4n) is 2.66. The first kappa shape index (κ1) is 12.3. The number of aliphatic hydroxyl groups is 1. The van der Waals surface area contributed by atoms with Crippen molar-refractivity contribution < 1.29 is 9.84 Å². The smallest absolute Gasteiger partial charge is 0.0621 e. The zero-order chi connectivity index (χ0) is 11.8. The van der Waals surface area contributed by atoms with Gasteiger partial charge in [0.1, 0.15) is 0 Å². The third-order valence-electron chi connectivity index (χ3n) is 4.69. The Kier molecular flexibility index (Phi) is 3.30. The largest absolute Gasteiger partial charge is 0.392 e. The van der Waals surface area contributed by atoms with Gasteiger partial charge in [-0.15, -0.1) is 0 Å². The topological polar surface area (TPSA) is 41.5 Å². The van der Waals surface area contributed by atoms with Crippen molar-refractivity contribution in [3.05, 3.63) is 0 Å². The molecule has 0 radical (unpaired) electrons. The lowest BCUT2D eigenvalue weighted by atomic mass is 9.64. The van der Waals surface area contributed by atoms with Crippen molar-refractivity contribution in [2.45, 2.75) is 52.2 Å². The Morgan fingerprint density at radius 3 is 2.38 bits per heavy atom. The molecule has 2 rings (SSSR count). The first-order valence-corrected chi connectivity index (χ1v) is 6.43. The predicted molar refractivity (Wildman–Crippen MR) is 64.4 cm³/mol. The summed E-state index contributed by atoms with van der Waals surface area (Å²) < 4.78 is 5.40. The second kappa shape index (κ2) is 4.28. The van der Waals surface area contributed by atoms with Crippen molar-refractivity contribution in [1.82, 2.24) is 5.32 Å². The van der Waals surface area contributed by atoms with Crippen LogP contribution in [0.2, 0.25) is 0 Å². The van der Waals surface area contributed by atoms with Crippen molar-refractivity contribution in [1.29, 1.82) is 0 Å². The lowest BCUT2D eigenvalue weighted by molar-refractivity contribution is -0.0778. The summed E-state index contributed by atoms with van der Waals surface area (Å²) in [5.74, 6) is 0. The molecule has 0 bridgehead atoms. The quantitative estimate of drug-likeness (QED) is 0.768. The molecule has 1 saturated carbocycles. The molecule has 2 unspecified atom stereocenters. The van der Waals surface area contributed by atoms with Crippen LogP contribution in [0.5, 0.6) is 0 Å². The number of ether oxygens (including phenoxy) is 1. The highest BCUT2D eigenvalue weighted by Gasteiger charge is 2.47. The summed E-state index contributed by atoms with van der Waals surface area (Å²) in [5, 5.41) is 13.3. The Morgan fingerprint density at radius 2 is 1.88 bits per heavy atom. The van der Waals surface area contributed by atoms with Crippen LogP contribution in [0.1, 0.15) is 40.0 Å². The van der Waals surface area contributed by atoms with Gasteiger partial charge < -0.3 is 15.2 Å². The highest BCUT2D eigenvalue weighted by Crippen LogP contribution is 2.41. The molecule has 0 aromatic carbocycles. The van der Waals surface area contributed by atoms with Gasteiger partial charge in [0.2, 0.25) is 0 Å². The number of nitrogens with one attached hydrogen (secondary N) is 1. The van der Waals surface area contributed by atoms with Gasteiger partial charge in [-0.3, -0.25) is 0 Å². The highest BCUT2D eigenvalue weighted by molar-refractivity contribution is 5.02. The van der Waals surface area contributed by atoms with E-state index in [1.807, 2.05) is 0 Å². The van der Waals surface area contributed by atoms with E-state index in [-0.39, 0.29) is 11.5 Å². The second-order valence-corrected chi connectivity index (χ2v) is 6.43. The van der Waals surface area contributed by atoms with Crippen molar-refractivity contribution in [3.8, 4) is 0 Å². The van der Waals surface area contributed by atoms with E-state index in [1.54, 1.807) is 0 Å². The van der Waals surface area contributed by atoms with E-state index in [0.717, 1.165) is 39.0 Å². The van der Waals surface area contributed by atoms with Crippen molar-refractivity contribution in [2.24, 2.45) is 10.8 Å². The normalized spacial score (nSPS) is 36.8. The molecule has 0 spiro atoms. The van der Waals surface area contributed by atoms with Gasteiger partial charge in [-0.25, -0.2) is 0 Å². The lowest BCUT2D eigenvalue weighted by Crippen LogP contribution is -2.61. The number of hydrogen-bond donors (Lipinski definition) is 2. The van der Waals surface area contributed by atoms with Crippen LogP contribution < -0.4 is 5.32 Å². The number of rotatable bonds is 3. The summed E-state index contributed by atoms with van der Waals surface area (Å²) in [6.07, 6.45) is 3.07. The summed E-state index contributed by atoms with van der Waals surface area (Å²) in [6.45, 7) is 9.47.